The molecule has 0 aliphatic heterocycles. The maximum atomic E-state index is 10.5. The monoisotopic (exact) mass is 434 g/mol. The van der Waals surface area contributed by atoms with Crippen molar-refractivity contribution in [3.63, 3.8) is 0 Å². The molecule has 2 unspecified atom stereocenters. The molecule has 0 bridgehead atoms. The van der Waals surface area contributed by atoms with Gasteiger partial charge in [-0.2, -0.15) is 0 Å². The first-order chi connectivity index (χ1) is 13.8. The third kappa shape index (κ3) is 29.7. The zero-order valence-electron chi connectivity index (χ0n) is 19.5. The predicted molar refractivity (Wildman–Crippen MR) is 123 cm³/mol. The minimum Gasteiger partial charge on any atom is -0.463 e. The SMILES string of the molecule is CCC(O)CC(C)OC(C)=O.CCCCCCCCCCCCCCCC(=O)Cl. The number of ether oxygens (including phenoxy) is 1. The average Bonchev–Trinajstić information content (AvgIpc) is 2.65. The van der Waals surface area contributed by atoms with Crippen LogP contribution in [0.1, 0.15) is 130 Å². The Labute approximate surface area is 185 Å². The first kappa shape index (κ1) is 30.6. The molecule has 4 nitrogen and oxygen atoms in total. The Morgan fingerprint density at radius 3 is 1.59 bits per heavy atom. The number of carbonyl (C=O) groups is 2. The van der Waals surface area contributed by atoms with E-state index in [4.69, 9.17) is 21.4 Å². The molecule has 5 heteroatoms. The van der Waals surface area contributed by atoms with Crippen LogP contribution >= 0.6 is 11.6 Å². The number of rotatable bonds is 18. The Balaban J connectivity index is 0. The van der Waals surface area contributed by atoms with Crippen LogP contribution in [-0.4, -0.2) is 28.5 Å². The molecule has 0 aromatic carbocycles. The van der Waals surface area contributed by atoms with Gasteiger partial charge in [0.05, 0.1) is 6.10 Å². The fourth-order valence-corrected chi connectivity index (χ4v) is 3.30. The third-order valence-electron chi connectivity index (χ3n) is 4.92. The Kier molecular flexibility index (Phi) is 25.0. The molecule has 0 aromatic rings. The van der Waals surface area contributed by atoms with E-state index in [0.717, 1.165) is 12.8 Å². The quantitative estimate of drug-likeness (QED) is 0.139. The van der Waals surface area contributed by atoms with Crippen molar-refractivity contribution in [2.75, 3.05) is 0 Å². The van der Waals surface area contributed by atoms with Crippen LogP contribution in [0.3, 0.4) is 0 Å². The van der Waals surface area contributed by atoms with Crippen molar-refractivity contribution < 1.29 is 19.4 Å². The molecule has 0 spiro atoms. The highest BCUT2D eigenvalue weighted by Gasteiger charge is 2.10. The van der Waals surface area contributed by atoms with E-state index in [1.807, 2.05) is 6.92 Å². The van der Waals surface area contributed by atoms with E-state index < -0.39 is 0 Å². The smallest absolute Gasteiger partial charge is 0.302 e. The molecular formula is C24H47ClO4. The van der Waals surface area contributed by atoms with Crippen molar-refractivity contribution in [3.05, 3.63) is 0 Å². The average molecular weight is 435 g/mol. The highest BCUT2D eigenvalue weighted by molar-refractivity contribution is 6.63. The lowest BCUT2D eigenvalue weighted by Crippen LogP contribution is -2.19. The molecule has 0 heterocycles. The standard InChI is InChI=1S/C16H31ClO.C8H16O3/c1-2-3-4-5-6-7-8-9-10-11-12-13-14-15-16(17)18;1-4-8(10)5-6(2)11-7(3)9/h2-15H2,1H3;6,8,10H,4-5H2,1-3H3. The zero-order chi connectivity index (χ0) is 22.3. The van der Waals surface area contributed by atoms with Crippen LogP contribution < -0.4 is 0 Å². The molecule has 0 fully saturated rings. The number of hydrogen-bond donors (Lipinski definition) is 1. The number of aliphatic hydroxyl groups is 1. The summed E-state index contributed by atoms with van der Waals surface area (Å²) in [5, 5.41) is 8.97. The van der Waals surface area contributed by atoms with Crippen LogP contribution in [0.2, 0.25) is 0 Å². The molecule has 0 aliphatic rings. The lowest BCUT2D eigenvalue weighted by atomic mass is 10.0. The molecule has 0 aliphatic carbocycles. The zero-order valence-corrected chi connectivity index (χ0v) is 20.3. The van der Waals surface area contributed by atoms with Gasteiger partial charge in [-0.1, -0.05) is 90.9 Å². The van der Waals surface area contributed by atoms with Crippen molar-refractivity contribution in [2.24, 2.45) is 0 Å². The fourth-order valence-electron chi connectivity index (χ4n) is 3.16. The second-order valence-corrected chi connectivity index (χ2v) is 8.49. The minimum absolute atomic E-state index is 0.178. The lowest BCUT2D eigenvalue weighted by molar-refractivity contribution is -0.146. The third-order valence-corrected chi connectivity index (χ3v) is 5.11. The largest absolute Gasteiger partial charge is 0.463 e. The van der Waals surface area contributed by atoms with E-state index in [0.29, 0.717) is 19.3 Å². The van der Waals surface area contributed by atoms with Crippen LogP contribution in [0.5, 0.6) is 0 Å². The molecule has 2 atom stereocenters. The minimum atomic E-state index is -0.357. The maximum absolute atomic E-state index is 10.5. The molecule has 1 N–H and O–H groups in total. The summed E-state index contributed by atoms with van der Waals surface area (Å²) < 4.78 is 4.82. The molecule has 0 amide bonds. The molecule has 29 heavy (non-hydrogen) atoms. The Hall–Kier alpha value is -0.610. The van der Waals surface area contributed by atoms with Crippen molar-refractivity contribution >= 4 is 22.8 Å². The van der Waals surface area contributed by atoms with E-state index in [1.54, 1.807) is 6.92 Å². The number of hydrogen-bond acceptors (Lipinski definition) is 4. The molecule has 0 radical (unpaired) electrons. The van der Waals surface area contributed by atoms with Crippen molar-refractivity contribution in [2.45, 2.75) is 143 Å². The van der Waals surface area contributed by atoms with Crippen LogP contribution in [0.25, 0.3) is 0 Å². The van der Waals surface area contributed by atoms with Gasteiger partial charge in [0.15, 0.2) is 0 Å². The van der Waals surface area contributed by atoms with Gasteiger partial charge in [-0.25, -0.2) is 0 Å². The Morgan fingerprint density at radius 1 is 0.828 bits per heavy atom. The van der Waals surface area contributed by atoms with Gasteiger partial charge in [0.2, 0.25) is 5.24 Å². The van der Waals surface area contributed by atoms with Gasteiger partial charge in [-0.3, -0.25) is 9.59 Å². The fraction of sp³-hybridized carbons (Fsp3) is 0.917. The first-order valence-electron chi connectivity index (χ1n) is 11.9. The van der Waals surface area contributed by atoms with Crippen LogP contribution in [0.4, 0.5) is 0 Å². The summed E-state index contributed by atoms with van der Waals surface area (Å²) >= 11 is 5.28. The number of aliphatic hydroxyl groups excluding tert-OH is 1. The summed E-state index contributed by atoms with van der Waals surface area (Å²) in [7, 11) is 0. The maximum Gasteiger partial charge on any atom is 0.302 e. The van der Waals surface area contributed by atoms with Gasteiger partial charge in [0.25, 0.3) is 0 Å². The Morgan fingerprint density at radius 2 is 1.24 bits per heavy atom. The van der Waals surface area contributed by atoms with Crippen molar-refractivity contribution in [3.8, 4) is 0 Å². The van der Waals surface area contributed by atoms with Crippen LogP contribution in [0, 0.1) is 0 Å². The van der Waals surface area contributed by atoms with Gasteiger partial charge in [-0.15, -0.1) is 0 Å². The number of esters is 1. The van der Waals surface area contributed by atoms with Crippen molar-refractivity contribution in [1.29, 1.82) is 0 Å². The number of unbranched alkanes of at least 4 members (excludes halogenated alkanes) is 12. The van der Waals surface area contributed by atoms with Crippen molar-refractivity contribution in [1.82, 2.24) is 0 Å². The van der Waals surface area contributed by atoms with Gasteiger partial charge in [-0.05, 0) is 31.4 Å². The van der Waals surface area contributed by atoms with Gasteiger partial charge >= 0.3 is 5.97 Å². The molecule has 0 saturated heterocycles. The summed E-state index contributed by atoms with van der Waals surface area (Å²) in [5.74, 6) is -0.291. The van der Waals surface area contributed by atoms with Gasteiger partial charge in [0, 0.05) is 19.8 Å². The molecule has 0 rings (SSSR count). The predicted octanol–water partition coefficient (Wildman–Crippen LogP) is 7.33. The van der Waals surface area contributed by atoms with E-state index in [-0.39, 0.29) is 23.4 Å². The summed E-state index contributed by atoms with van der Waals surface area (Å²) in [6.07, 6.45) is 18.6. The van der Waals surface area contributed by atoms with E-state index in [2.05, 4.69) is 6.92 Å². The number of carbonyl (C=O) groups excluding carboxylic acids is 2. The van der Waals surface area contributed by atoms with Crippen LogP contribution in [0.15, 0.2) is 0 Å². The molecule has 0 saturated carbocycles. The molecule has 0 aromatic heterocycles. The summed E-state index contributed by atoms with van der Waals surface area (Å²) in [4.78, 5) is 20.9. The summed E-state index contributed by atoms with van der Waals surface area (Å²) in [6.45, 7) is 7.31. The molecule has 174 valence electrons. The topological polar surface area (TPSA) is 63.6 Å². The second kappa shape index (κ2) is 23.7. The molecular weight excluding hydrogens is 388 g/mol. The summed E-state index contributed by atoms with van der Waals surface area (Å²) in [6, 6.07) is 0. The van der Waals surface area contributed by atoms with E-state index >= 15 is 0 Å². The van der Waals surface area contributed by atoms with Gasteiger partial charge < -0.3 is 9.84 Å². The van der Waals surface area contributed by atoms with Crippen LogP contribution in [-0.2, 0) is 14.3 Å². The normalized spacial score (nSPS) is 12.6. The first-order valence-corrected chi connectivity index (χ1v) is 12.2. The van der Waals surface area contributed by atoms with E-state index in [9.17, 15) is 9.59 Å². The van der Waals surface area contributed by atoms with E-state index in [1.165, 1.54) is 77.6 Å². The highest BCUT2D eigenvalue weighted by Crippen LogP contribution is 2.13. The lowest BCUT2D eigenvalue weighted by Gasteiger charge is -2.14. The highest BCUT2D eigenvalue weighted by atomic mass is 35.5. The second-order valence-electron chi connectivity index (χ2n) is 8.07. The Bertz CT molecular complexity index is 374. The summed E-state index contributed by atoms with van der Waals surface area (Å²) in [5.41, 5.74) is 0. The number of halogens is 1. The van der Waals surface area contributed by atoms with Gasteiger partial charge in [0.1, 0.15) is 6.10 Å².